The van der Waals surface area contributed by atoms with Gasteiger partial charge < -0.3 is 10.0 Å². The van der Waals surface area contributed by atoms with Crippen molar-refractivity contribution < 1.29 is 9.90 Å². The highest BCUT2D eigenvalue weighted by molar-refractivity contribution is 5.70. The van der Waals surface area contributed by atoms with Crippen molar-refractivity contribution >= 4 is 11.8 Å². The fourth-order valence-corrected chi connectivity index (χ4v) is 2.49. The zero-order chi connectivity index (χ0) is 13.1. The molecule has 1 aromatic heterocycles. The van der Waals surface area contributed by atoms with Gasteiger partial charge >= 0.3 is 5.97 Å². The first-order valence-electron chi connectivity index (χ1n) is 6.41. The van der Waals surface area contributed by atoms with Crippen LogP contribution in [0.2, 0.25) is 0 Å². The van der Waals surface area contributed by atoms with Crippen LogP contribution >= 0.6 is 0 Å². The van der Waals surface area contributed by atoms with E-state index in [0.717, 1.165) is 36.6 Å². The van der Waals surface area contributed by atoms with E-state index >= 15 is 0 Å². The van der Waals surface area contributed by atoms with Gasteiger partial charge in [-0.15, -0.1) is 0 Å². The second kappa shape index (κ2) is 5.33. The average Bonchev–Trinajstić information content (AvgIpc) is 2.39. The molecule has 1 aliphatic heterocycles. The molecule has 2 rings (SSSR count). The Morgan fingerprint density at radius 1 is 1.44 bits per heavy atom. The highest BCUT2D eigenvalue weighted by Crippen LogP contribution is 2.25. The Bertz CT molecular complexity index is 440. The molecule has 1 aliphatic rings. The minimum atomic E-state index is -0.677. The van der Waals surface area contributed by atoms with Crippen molar-refractivity contribution in [3.8, 4) is 0 Å². The van der Waals surface area contributed by atoms with Crippen molar-refractivity contribution in [3.63, 3.8) is 0 Å². The summed E-state index contributed by atoms with van der Waals surface area (Å²) in [6, 6.07) is 0. The zero-order valence-corrected chi connectivity index (χ0v) is 10.9. The lowest BCUT2D eigenvalue weighted by Crippen LogP contribution is -2.37. The first kappa shape index (κ1) is 12.8. The molecule has 0 aromatic carbocycles. The lowest BCUT2D eigenvalue weighted by atomic mass is 9.97. The number of aliphatic carboxylic acids is 1. The Kier molecular flexibility index (Phi) is 3.79. The first-order valence-corrected chi connectivity index (χ1v) is 6.41. The third kappa shape index (κ3) is 2.44. The summed E-state index contributed by atoms with van der Waals surface area (Å²) in [5.41, 5.74) is 2.19. The molecular formula is C13H19N3O2. The molecule has 1 N–H and O–H groups in total. The van der Waals surface area contributed by atoms with E-state index in [1.54, 1.807) is 6.33 Å². The number of carboxylic acid groups (broad SMARTS) is 1. The molecule has 1 fully saturated rings. The van der Waals surface area contributed by atoms with Gasteiger partial charge in [0, 0.05) is 24.3 Å². The predicted molar refractivity (Wildman–Crippen MR) is 68.7 cm³/mol. The number of anilines is 1. The van der Waals surface area contributed by atoms with Crippen LogP contribution in [0, 0.1) is 12.8 Å². The summed E-state index contributed by atoms with van der Waals surface area (Å²) in [6.45, 7) is 5.64. The Hall–Kier alpha value is -1.65. The van der Waals surface area contributed by atoms with Crippen LogP contribution < -0.4 is 4.90 Å². The van der Waals surface area contributed by atoms with Gasteiger partial charge in [0.1, 0.15) is 12.1 Å². The smallest absolute Gasteiger partial charge is 0.306 e. The molecular weight excluding hydrogens is 230 g/mol. The van der Waals surface area contributed by atoms with Gasteiger partial charge in [0.25, 0.3) is 0 Å². The fourth-order valence-electron chi connectivity index (χ4n) is 2.49. The zero-order valence-electron chi connectivity index (χ0n) is 10.9. The monoisotopic (exact) mass is 249 g/mol. The summed E-state index contributed by atoms with van der Waals surface area (Å²) < 4.78 is 0. The van der Waals surface area contributed by atoms with E-state index in [-0.39, 0.29) is 5.92 Å². The van der Waals surface area contributed by atoms with Gasteiger partial charge in [-0.3, -0.25) is 4.79 Å². The third-order valence-electron chi connectivity index (χ3n) is 3.64. The standard InChI is InChI=1S/C13H19N3O2/c1-3-11-9(2)12(15-8-14-11)16-6-4-10(5-7-16)13(17)18/h8,10H,3-7H2,1-2H3,(H,17,18). The second-order valence-corrected chi connectivity index (χ2v) is 4.72. The highest BCUT2D eigenvalue weighted by Gasteiger charge is 2.26. The van der Waals surface area contributed by atoms with Gasteiger partial charge in [-0.05, 0) is 26.2 Å². The summed E-state index contributed by atoms with van der Waals surface area (Å²) >= 11 is 0. The van der Waals surface area contributed by atoms with E-state index in [0.29, 0.717) is 12.8 Å². The number of carbonyl (C=O) groups is 1. The Morgan fingerprint density at radius 2 is 2.11 bits per heavy atom. The summed E-state index contributed by atoms with van der Waals surface area (Å²) in [5.74, 6) is 0.0861. The maximum atomic E-state index is 10.9. The van der Waals surface area contributed by atoms with Gasteiger partial charge in [-0.25, -0.2) is 9.97 Å². The number of piperidine rings is 1. The minimum absolute atomic E-state index is 0.200. The molecule has 1 saturated heterocycles. The molecule has 0 spiro atoms. The first-order chi connectivity index (χ1) is 8.63. The summed E-state index contributed by atoms with van der Waals surface area (Å²) in [7, 11) is 0. The van der Waals surface area contributed by atoms with E-state index in [1.165, 1.54) is 0 Å². The predicted octanol–water partition coefficient (Wildman–Crippen LogP) is 1.65. The summed E-state index contributed by atoms with van der Waals surface area (Å²) in [6.07, 6.45) is 3.89. The molecule has 0 unspecified atom stereocenters. The van der Waals surface area contributed by atoms with E-state index < -0.39 is 5.97 Å². The molecule has 18 heavy (non-hydrogen) atoms. The molecule has 0 atom stereocenters. The van der Waals surface area contributed by atoms with Crippen molar-refractivity contribution in [1.82, 2.24) is 9.97 Å². The average molecular weight is 249 g/mol. The summed E-state index contributed by atoms with van der Waals surface area (Å²) in [5, 5.41) is 8.99. The van der Waals surface area contributed by atoms with Gasteiger partial charge in [0.05, 0.1) is 5.92 Å². The molecule has 0 aliphatic carbocycles. The van der Waals surface area contributed by atoms with E-state index in [1.807, 2.05) is 6.92 Å². The molecule has 5 heteroatoms. The Morgan fingerprint density at radius 3 is 2.67 bits per heavy atom. The minimum Gasteiger partial charge on any atom is -0.481 e. The van der Waals surface area contributed by atoms with Crippen molar-refractivity contribution in [1.29, 1.82) is 0 Å². The van der Waals surface area contributed by atoms with Crippen molar-refractivity contribution in [2.24, 2.45) is 5.92 Å². The molecule has 98 valence electrons. The number of nitrogens with zero attached hydrogens (tertiary/aromatic N) is 3. The third-order valence-corrected chi connectivity index (χ3v) is 3.64. The number of aryl methyl sites for hydroxylation is 1. The van der Waals surface area contributed by atoms with Crippen LogP contribution in [-0.4, -0.2) is 34.1 Å². The maximum absolute atomic E-state index is 10.9. The van der Waals surface area contributed by atoms with Gasteiger partial charge in [-0.2, -0.15) is 0 Å². The number of hydrogen-bond donors (Lipinski definition) is 1. The van der Waals surface area contributed by atoms with Crippen molar-refractivity contribution in [3.05, 3.63) is 17.6 Å². The maximum Gasteiger partial charge on any atom is 0.306 e. The second-order valence-electron chi connectivity index (χ2n) is 4.72. The normalized spacial score (nSPS) is 16.9. The topological polar surface area (TPSA) is 66.3 Å². The number of aromatic nitrogens is 2. The van der Waals surface area contributed by atoms with Crippen LogP contribution in [0.15, 0.2) is 6.33 Å². The SMILES string of the molecule is CCc1ncnc(N2CCC(C(=O)O)CC2)c1C. The van der Waals surface area contributed by atoms with E-state index in [2.05, 4.69) is 21.8 Å². The van der Waals surface area contributed by atoms with Crippen molar-refractivity contribution in [2.45, 2.75) is 33.1 Å². The molecule has 0 radical (unpaired) electrons. The van der Waals surface area contributed by atoms with Crippen LogP contribution in [0.4, 0.5) is 5.82 Å². The van der Waals surface area contributed by atoms with Crippen LogP contribution in [-0.2, 0) is 11.2 Å². The molecule has 5 nitrogen and oxygen atoms in total. The molecule has 0 bridgehead atoms. The van der Waals surface area contributed by atoms with Crippen molar-refractivity contribution in [2.75, 3.05) is 18.0 Å². The number of rotatable bonds is 3. The Labute approximate surface area is 107 Å². The van der Waals surface area contributed by atoms with Crippen LogP contribution in [0.25, 0.3) is 0 Å². The molecule has 1 aromatic rings. The van der Waals surface area contributed by atoms with Gasteiger partial charge in [-0.1, -0.05) is 6.92 Å². The van der Waals surface area contributed by atoms with Gasteiger partial charge in [0.2, 0.25) is 0 Å². The number of hydrogen-bond acceptors (Lipinski definition) is 4. The molecule has 0 saturated carbocycles. The largest absolute Gasteiger partial charge is 0.481 e. The summed E-state index contributed by atoms with van der Waals surface area (Å²) in [4.78, 5) is 21.7. The van der Waals surface area contributed by atoms with Crippen LogP contribution in [0.5, 0.6) is 0 Å². The van der Waals surface area contributed by atoms with Crippen LogP contribution in [0.1, 0.15) is 31.0 Å². The quantitative estimate of drug-likeness (QED) is 0.882. The van der Waals surface area contributed by atoms with E-state index in [9.17, 15) is 4.79 Å². The lowest BCUT2D eigenvalue weighted by Gasteiger charge is -2.32. The van der Waals surface area contributed by atoms with Gasteiger partial charge in [0.15, 0.2) is 0 Å². The number of carboxylic acids is 1. The van der Waals surface area contributed by atoms with E-state index in [4.69, 9.17) is 5.11 Å². The highest BCUT2D eigenvalue weighted by atomic mass is 16.4. The molecule has 2 heterocycles. The van der Waals surface area contributed by atoms with Crippen LogP contribution in [0.3, 0.4) is 0 Å². The fraction of sp³-hybridized carbons (Fsp3) is 0.615. The lowest BCUT2D eigenvalue weighted by molar-refractivity contribution is -0.142. The molecule has 0 amide bonds. The Balaban J connectivity index is 2.12.